The maximum absolute atomic E-state index is 10.6. The summed E-state index contributed by atoms with van der Waals surface area (Å²) in [7, 11) is 0. The van der Waals surface area contributed by atoms with Crippen molar-refractivity contribution in [2.75, 3.05) is 39.3 Å². The van der Waals surface area contributed by atoms with Crippen molar-refractivity contribution in [1.82, 2.24) is 9.80 Å². The van der Waals surface area contributed by atoms with Crippen LogP contribution in [0.25, 0.3) is 0 Å². The molecular weight excluding hydrogens is 441 g/mol. The zero-order valence-electron chi connectivity index (χ0n) is 14.9. The number of carboxylic acid groups (broad SMARTS) is 4. The second kappa shape index (κ2) is 28.4. The summed E-state index contributed by atoms with van der Waals surface area (Å²) >= 11 is 0. The van der Waals surface area contributed by atoms with Gasteiger partial charge in [-0.2, -0.15) is 0 Å². The topological polar surface area (TPSA) is 282 Å². The molecule has 0 bridgehead atoms. The van der Waals surface area contributed by atoms with Gasteiger partial charge in [-0.1, -0.05) is 0 Å². The van der Waals surface area contributed by atoms with Gasteiger partial charge in [0.1, 0.15) is 0 Å². The van der Waals surface area contributed by atoms with Crippen molar-refractivity contribution in [1.29, 1.82) is 0 Å². The van der Waals surface area contributed by atoms with Crippen molar-refractivity contribution < 1.29 is 78.6 Å². The summed E-state index contributed by atoms with van der Waals surface area (Å²) in [5.41, 5.74) is 0. The third-order valence-electron chi connectivity index (χ3n) is 2.17. The van der Waals surface area contributed by atoms with Gasteiger partial charge in [0.25, 0.3) is 0 Å². The molecule has 155 valence electrons. The SMILES string of the molecule is O.O.O.O.O=C(O)CN(CCN(CC(=O)O)CC(=O)O)CC(=O)O.[Mn].[Na].[Na]. The summed E-state index contributed by atoms with van der Waals surface area (Å²) in [4.78, 5) is 44.4. The Morgan fingerprint density at radius 2 is 0.667 bits per heavy atom. The first-order chi connectivity index (χ1) is 9.20. The third-order valence-corrected chi connectivity index (χ3v) is 2.17. The maximum atomic E-state index is 10.6. The predicted octanol–water partition coefficient (Wildman–Crippen LogP) is -6.13. The van der Waals surface area contributed by atoms with Crippen molar-refractivity contribution in [3.63, 3.8) is 0 Å². The molecule has 0 saturated carbocycles. The van der Waals surface area contributed by atoms with E-state index in [4.69, 9.17) is 20.4 Å². The summed E-state index contributed by atoms with van der Waals surface area (Å²) in [5.74, 6) is -4.91. The summed E-state index contributed by atoms with van der Waals surface area (Å²) in [6.45, 7) is -2.25. The first-order valence-corrected chi connectivity index (χ1v) is 5.52. The summed E-state index contributed by atoms with van der Waals surface area (Å²) < 4.78 is 0. The molecule has 14 nitrogen and oxygen atoms in total. The standard InChI is InChI=1S/C10H16N2O8.Mn.2Na.4H2O/c13-7(14)3-11(4-8(15)16)1-2-12(5-9(17)18)6-10(19)20;;;;;;;/h1-6H2,(H,13,14)(H,15,16)(H,17,18)(H,19,20);;;;4*1H2. The number of nitrogens with zero attached hydrogens (tertiary/aromatic N) is 2. The number of hydrogen-bond donors (Lipinski definition) is 4. The molecule has 0 aliphatic rings. The van der Waals surface area contributed by atoms with E-state index < -0.39 is 50.1 Å². The summed E-state index contributed by atoms with van der Waals surface area (Å²) in [6, 6.07) is 0. The van der Waals surface area contributed by atoms with Gasteiger partial charge in [-0.15, -0.1) is 0 Å². The Morgan fingerprint density at radius 3 is 0.778 bits per heavy atom. The Bertz CT molecular complexity index is 336. The van der Waals surface area contributed by atoms with Crippen LogP contribution in [0.4, 0.5) is 0 Å². The number of rotatable bonds is 11. The van der Waals surface area contributed by atoms with Gasteiger partial charge in [0, 0.05) is 89.3 Å². The molecule has 0 saturated heterocycles. The first-order valence-electron chi connectivity index (χ1n) is 5.52. The van der Waals surface area contributed by atoms with Crippen molar-refractivity contribution in [3.05, 3.63) is 0 Å². The molecule has 27 heavy (non-hydrogen) atoms. The van der Waals surface area contributed by atoms with Crippen LogP contribution in [0.5, 0.6) is 0 Å². The van der Waals surface area contributed by atoms with E-state index in [-0.39, 0.29) is 111 Å². The molecule has 0 amide bonds. The zero-order valence-corrected chi connectivity index (χ0v) is 20.1. The van der Waals surface area contributed by atoms with E-state index in [0.717, 1.165) is 9.80 Å². The average molecular weight is 465 g/mol. The fourth-order valence-electron chi connectivity index (χ4n) is 1.48. The molecule has 0 atom stereocenters. The van der Waals surface area contributed by atoms with Gasteiger partial charge in [0.2, 0.25) is 0 Å². The smallest absolute Gasteiger partial charge is 0.317 e. The van der Waals surface area contributed by atoms with Gasteiger partial charge >= 0.3 is 23.9 Å². The van der Waals surface area contributed by atoms with E-state index in [0.29, 0.717) is 0 Å². The third kappa shape index (κ3) is 34.1. The number of carbonyl (C=O) groups is 4. The molecule has 0 unspecified atom stereocenters. The minimum atomic E-state index is -1.23. The second-order valence-corrected chi connectivity index (χ2v) is 4.00. The van der Waals surface area contributed by atoms with Crippen LogP contribution in [0.3, 0.4) is 0 Å². The van der Waals surface area contributed by atoms with E-state index in [1.807, 2.05) is 0 Å². The number of carboxylic acids is 4. The molecule has 0 aliphatic carbocycles. The predicted molar refractivity (Wildman–Crippen MR) is 89.4 cm³/mol. The Labute approximate surface area is 209 Å². The summed E-state index contributed by atoms with van der Waals surface area (Å²) in [5, 5.41) is 34.5. The van der Waals surface area contributed by atoms with Gasteiger partial charge in [0.15, 0.2) is 0 Å². The van der Waals surface area contributed by atoms with Gasteiger partial charge in [0.05, 0.1) is 26.2 Å². The Kier molecular flexibility index (Phi) is 53.2. The van der Waals surface area contributed by atoms with Crippen LogP contribution in [0, 0.1) is 0 Å². The van der Waals surface area contributed by atoms with Gasteiger partial charge in [-0.3, -0.25) is 29.0 Å². The molecule has 0 spiro atoms. The van der Waals surface area contributed by atoms with Crippen molar-refractivity contribution in [2.24, 2.45) is 0 Å². The van der Waals surface area contributed by atoms with Crippen LogP contribution in [-0.4, -0.2) is 174 Å². The molecule has 0 heterocycles. The van der Waals surface area contributed by atoms with E-state index in [1.54, 1.807) is 0 Å². The van der Waals surface area contributed by atoms with E-state index in [9.17, 15) is 19.2 Å². The normalized spacial score (nSPS) is 7.93. The molecule has 12 N–H and O–H groups in total. The van der Waals surface area contributed by atoms with Crippen LogP contribution in [-0.2, 0) is 36.2 Å². The Hall–Kier alpha value is 0.159. The average Bonchev–Trinajstić information content (AvgIpc) is 2.22. The van der Waals surface area contributed by atoms with E-state index in [1.165, 1.54) is 0 Å². The molecule has 0 aromatic heterocycles. The van der Waals surface area contributed by atoms with E-state index in [2.05, 4.69) is 0 Å². The van der Waals surface area contributed by atoms with Crippen molar-refractivity contribution in [2.45, 2.75) is 0 Å². The van der Waals surface area contributed by atoms with Crippen LogP contribution in [0.1, 0.15) is 0 Å². The minimum Gasteiger partial charge on any atom is -0.480 e. The molecule has 0 fully saturated rings. The quantitative estimate of drug-likeness (QED) is 0.209. The molecule has 0 aromatic carbocycles. The monoisotopic (exact) mass is 465 g/mol. The van der Waals surface area contributed by atoms with Crippen LogP contribution < -0.4 is 0 Å². The zero-order chi connectivity index (χ0) is 15.7. The fraction of sp³-hybridized carbons (Fsp3) is 0.600. The molecule has 0 rings (SSSR count). The molecule has 0 aliphatic heterocycles. The maximum Gasteiger partial charge on any atom is 0.317 e. The fourth-order valence-corrected chi connectivity index (χ4v) is 1.48. The van der Waals surface area contributed by atoms with Gasteiger partial charge in [-0.05, 0) is 0 Å². The van der Waals surface area contributed by atoms with E-state index >= 15 is 0 Å². The van der Waals surface area contributed by atoms with Crippen molar-refractivity contribution >= 4 is 83.0 Å². The number of hydrogen-bond acceptors (Lipinski definition) is 6. The van der Waals surface area contributed by atoms with Gasteiger partial charge < -0.3 is 42.3 Å². The largest absolute Gasteiger partial charge is 0.480 e. The Balaban J connectivity index is -0.0000000860. The van der Waals surface area contributed by atoms with Crippen molar-refractivity contribution in [3.8, 4) is 0 Å². The molecule has 0 aromatic rings. The second-order valence-electron chi connectivity index (χ2n) is 4.00. The van der Waals surface area contributed by atoms with Crippen LogP contribution in [0.15, 0.2) is 0 Å². The Morgan fingerprint density at radius 1 is 0.519 bits per heavy atom. The molecule has 3 radical (unpaired) electrons. The molecule has 17 heteroatoms. The first kappa shape index (κ1) is 50.6. The summed E-state index contributed by atoms with van der Waals surface area (Å²) in [6.07, 6.45) is 0. The number of aliphatic carboxylic acids is 4. The van der Waals surface area contributed by atoms with Crippen LogP contribution in [0.2, 0.25) is 0 Å². The molecular formula is C10H24MnN2Na2O12. The minimum absolute atomic E-state index is 0. The van der Waals surface area contributed by atoms with Crippen LogP contribution >= 0.6 is 0 Å². The van der Waals surface area contributed by atoms with Gasteiger partial charge in [-0.25, -0.2) is 0 Å².